The van der Waals surface area contributed by atoms with Crippen molar-refractivity contribution in [3.8, 4) is 0 Å². The molecule has 0 aliphatic rings. The fourth-order valence-corrected chi connectivity index (χ4v) is 1.69. The lowest BCUT2D eigenvalue weighted by molar-refractivity contribution is -0.129. The predicted octanol–water partition coefficient (Wildman–Crippen LogP) is 0.466. The van der Waals surface area contributed by atoms with E-state index in [9.17, 15) is 14.4 Å². The number of nitrogens with one attached hydrogen (secondary N) is 2. The number of nitrogens with zero attached hydrogens (tertiary/aromatic N) is 1. The summed E-state index contributed by atoms with van der Waals surface area (Å²) in [5.41, 5.74) is 3.37. The van der Waals surface area contributed by atoms with E-state index >= 15 is 0 Å². The minimum absolute atomic E-state index is 0.300. The largest absolute Gasteiger partial charge is 0.465 e. The maximum atomic E-state index is 11.5. The molecular weight excluding hydrogens is 314 g/mol. The Kier molecular flexibility index (Phi) is 8.77. The molecule has 24 heavy (non-hydrogen) atoms. The van der Waals surface area contributed by atoms with Crippen LogP contribution in [0.1, 0.15) is 28.8 Å². The van der Waals surface area contributed by atoms with Crippen LogP contribution in [0.25, 0.3) is 0 Å². The van der Waals surface area contributed by atoms with E-state index in [4.69, 9.17) is 4.74 Å². The molecule has 0 heterocycles. The Hall–Kier alpha value is -2.74. The van der Waals surface area contributed by atoms with Gasteiger partial charge in [-0.15, -0.1) is 0 Å². The van der Waals surface area contributed by atoms with Gasteiger partial charge in [0.1, 0.15) is 6.42 Å². The molecule has 0 saturated carbocycles. The molecular formula is C16H21N3O5. The highest BCUT2D eigenvalue weighted by molar-refractivity contribution is 5.97. The highest BCUT2D eigenvalue weighted by Gasteiger charge is 2.07. The molecule has 0 aliphatic carbocycles. The summed E-state index contributed by atoms with van der Waals surface area (Å²) in [6, 6.07) is 6.49. The molecule has 2 amide bonds. The van der Waals surface area contributed by atoms with Crippen LogP contribution in [0.2, 0.25) is 0 Å². The first-order chi connectivity index (χ1) is 11.6. The van der Waals surface area contributed by atoms with Gasteiger partial charge in [0.05, 0.1) is 18.9 Å². The SMILES string of the molecule is COCCCNC(=O)CC(=O)N/N=C\c1ccc(C(=O)OC)cc1. The maximum Gasteiger partial charge on any atom is 0.337 e. The van der Waals surface area contributed by atoms with Crippen molar-refractivity contribution in [3.63, 3.8) is 0 Å². The number of ether oxygens (including phenoxy) is 2. The van der Waals surface area contributed by atoms with Crippen molar-refractivity contribution < 1.29 is 23.9 Å². The summed E-state index contributed by atoms with van der Waals surface area (Å²) in [6.07, 6.45) is 1.80. The van der Waals surface area contributed by atoms with Crippen molar-refractivity contribution in [1.82, 2.24) is 10.7 Å². The summed E-state index contributed by atoms with van der Waals surface area (Å²) in [6.45, 7) is 1.00. The fourth-order valence-electron chi connectivity index (χ4n) is 1.69. The molecule has 1 rings (SSSR count). The standard InChI is InChI=1S/C16H21N3O5/c1-23-9-3-8-17-14(20)10-15(21)19-18-11-12-4-6-13(7-5-12)16(22)24-2/h4-7,11H,3,8-10H2,1-2H3,(H,17,20)(H,19,21)/b18-11-. The average Bonchev–Trinajstić information content (AvgIpc) is 2.58. The van der Waals surface area contributed by atoms with Crippen LogP contribution in [0.3, 0.4) is 0 Å². The third kappa shape index (κ3) is 7.50. The Morgan fingerprint density at radius 3 is 2.46 bits per heavy atom. The predicted molar refractivity (Wildman–Crippen MR) is 87.6 cm³/mol. The number of hydrazone groups is 1. The maximum absolute atomic E-state index is 11.5. The second kappa shape index (κ2) is 10.9. The zero-order chi connectivity index (χ0) is 17.8. The van der Waals surface area contributed by atoms with Gasteiger partial charge < -0.3 is 14.8 Å². The first kappa shape index (κ1) is 19.3. The molecule has 1 aromatic carbocycles. The quantitative estimate of drug-likeness (QED) is 0.224. The van der Waals surface area contributed by atoms with Gasteiger partial charge in [0, 0.05) is 20.3 Å². The van der Waals surface area contributed by atoms with Gasteiger partial charge in [-0.3, -0.25) is 9.59 Å². The molecule has 0 aliphatic heterocycles. The number of methoxy groups -OCH3 is 2. The van der Waals surface area contributed by atoms with Gasteiger partial charge in [0.25, 0.3) is 0 Å². The lowest BCUT2D eigenvalue weighted by Gasteiger charge is -2.04. The number of hydrogen-bond donors (Lipinski definition) is 2. The summed E-state index contributed by atoms with van der Waals surface area (Å²) in [5, 5.41) is 6.36. The molecule has 1 aromatic rings. The Balaban J connectivity index is 2.34. The molecule has 0 aromatic heterocycles. The van der Waals surface area contributed by atoms with Crippen LogP contribution in [0.15, 0.2) is 29.4 Å². The molecule has 130 valence electrons. The Bertz CT molecular complexity index is 584. The Morgan fingerprint density at radius 1 is 1.12 bits per heavy atom. The zero-order valence-corrected chi connectivity index (χ0v) is 13.7. The normalized spacial score (nSPS) is 10.4. The number of esters is 1. The molecule has 0 radical (unpaired) electrons. The molecule has 2 N–H and O–H groups in total. The third-order valence-corrected chi connectivity index (χ3v) is 2.90. The van der Waals surface area contributed by atoms with Crippen molar-refractivity contribution in [1.29, 1.82) is 0 Å². The number of amides is 2. The summed E-state index contributed by atoms with van der Waals surface area (Å²) in [4.78, 5) is 34.3. The van der Waals surface area contributed by atoms with E-state index in [1.165, 1.54) is 13.3 Å². The summed E-state index contributed by atoms with van der Waals surface area (Å²) >= 11 is 0. The first-order valence-electron chi connectivity index (χ1n) is 7.32. The van der Waals surface area contributed by atoms with Crippen LogP contribution in [-0.4, -0.2) is 51.4 Å². The van der Waals surface area contributed by atoms with Gasteiger partial charge in [-0.1, -0.05) is 12.1 Å². The van der Waals surface area contributed by atoms with Gasteiger partial charge >= 0.3 is 5.97 Å². The smallest absolute Gasteiger partial charge is 0.337 e. The van der Waals surface area contributed by atoms with Crippen LogP contribution < -0.4 is 10.7 Å². The molecule has 0 bridgehead atoms. The van der Waals surface area contributed by atoms with Gasteiger partial charge in [-0.25, -0.2) is 10.2 Å². The van der Waals surface area contributed by atoms with Gasteiger partial charge in [-0.05, 0) is 24.1 Å². The monoisotopic (exact) mass is 335 g/mol. The van der Waals surface area contributed by atoms with Crippen molar-refractivity contribution in [2.75, 3.05) is 27.4 Å². The third-order valence-electron chi connectivity index (χ3n) is 2.90. The van der Waals surface area contributed by atoms with Crippen molar-refractivity contribution in [2.24, 2.45) is 5.10 Å². The van der Waals surface area contributed by atoms with Crippen LogP contribution >= 0.6 is 0 Å². The highest BCUT2D eigenvalue weighted by Crippen LogP contribution is 2.03. The van der Waals surface area contributed by atoms with Crippen molar-refractivity contribution in [3.05, 3.63) is 35.4 Å². The van der Waals surface area contributed by atoms with Crippen molar-refractivity contribution in [2.45, 2.75) is 12.8 Å². The van der Waals surface area contributed by atoms with E-state index in [0.29, 0.717) is 30.7 Å². The summed E-state index contributed by atoms with van der Waals surface area (Å²) < 4.78 is 9.44. The minimum atomic E-state index is -0.512. The molecule has 0 saturated heterocycles. The van der Waals surface area contributed by atoms with Gasteiger partial charge in [0.2, 0.25) is 11.8 Å². The van der Waals surface area contributed by atoms with E-state index in [0.717, 1.165) is 0 Å². The summed E-state index contributed by atoms with van der Waals surface area (Å²) in [7, 11) is 2.89. The molecule has 8 nitrogen and oxygen atoms in total. The molecule has 8 heteroatoms. The second-order valence-electron chi connectivity index (χ2n) is 4.78. The molecule has 0 unspecified atom stereocenters. The van der Waals surface area contributed by atoms with E-state index in [-0.39, 0.29) is 12.3 Å². The Labute approximate surface area is 140 Å². The van der Waals surface area contributed by atoms with Crippen LogP contribution in [0.4, 0.5) is 0 Å². The molecule has 0 atom stereocenters. The molecule has 0 spiro atoms. The van der Waals surface area contributed by atoms with E-state index in [1.54, 1.807) is 31.4 Å². The number of benzene rings is 1. The number of hydrogen-bond acceptors (Lipinski definition) is 6. The van der Waals surface area contributed by atoms with Gasteiger partial charge in [-0.2, -0.15) is 5.10 Å². The molecule has 0 fully saturated rings. The van der Waals surface area contributed by atoms with Gasteiger partial charge in [0.15, 0.2) is 0 Å². The minimum Gasteiger partial charge on any atom is -0.465 e. The Morgan fingerprint density at radius 2 is 1.83 bits per heavy atom. The zero-order valence-electron chi connectivity index (χ0n) is 13.7. The van der Waals surface area contributed by atoms with E-state index in [1.807, 2.05) is 0 Å². The lowest BCUT2D eigenvalue weighted by atomic mass is 10.1. The number of rotatable bonds is 9. The summed E-state index contributed by atoms with van der Waals surface area (Å²) in [5.74, 6) is -1.31. The number of carbonyl (C=O) groups excluding carboxylic acids is 3. The highest BCUT2D eigenvalue weighted by atomic mass is 16.5. The lowest BCUT2D eigenvalue weighted by Crippen LogP contribution is -2.30. The fraction of sp³-hybridized carbons (Fsp3) is 0.375. The van der Waals surface area contributed by atoms with E-state index in [2.05, 4.69) is 20.6 Å². The second-order valence-corrected chi connectivity index (χ2v) is 4.78. The van der Waals surface area contributed by atoms with Crippen LogP contribution in [0, 0.1) is 0 Å². The van der Waals surface area contributed by atoms with E-state index < -0.39 is 11.9 Å². The topological polar surface area (TPSA) is 106 Å². The van der Waals surface area contributed by atoms with Crippen LogP contribution in [-0.2, 0) is 19.1 Å². The first-order valence-corrected chi connectivity index (χ1v) is 7.32. The number of carbonyl (C=O) groups is 3. The average molecular weight is 335 g/mol. The van der Waals surface area contributed by atoms with Crippen LogP contribution in [0.5, 0.6) is 0 Å². The van der Waals surface area contributed by atoms with Crippen molar-refractivity contribution >= 4 is 24.0 Å².